The third-order valence-electron chi connectivity index (χ3n) is 6.68. The fourth-order valence-corrected chi connectivity index (χ4v) is 5.07. The van der Waals surface area contributed by atoms with Gasteiger partial charge in [-0.3, -0.25) is 0 Å². The zero-order valence-corrected chi connectivity index (χ0v) is 18.4. The highest BCUT2D eigenvalue weighted by atomic mass is 16.7. The van der Waals surface area contributed by atoms with Gasteiger partial charge in [-0.25, -0.2) is 4.79 Å². The molecule has 1 spiro atoms. The summed E-state index contributed by atoms with van der Waals surface area (Å²) in [6.07, 6.45) is 11.2. The van der Waals surface area contributed by atoms with Crippen LogP contribution in [0.4, 0.5) is 0 Å². The Morgan fingerprint density at radius 2 is 1.77 bits per heavy atom. The Bertz CT molecular complexity index is 762. The zero-order valence-electron chi connectivity index (χ0n) is 18.4. The Morgan fingerprint density at radius 1 is 1.00 bits per heavy atom. The number of hydrogen-bond donors (Lipinski definition) is 0. The third kappa shape index (κ3) is 4.45. The van der Waals surface area contributed by atoms with Crippen LogP contribution in [0.1, 0.15) is 93.2 Å². The first-order chi connectivity index (χ1) is 14.5. The Balaban J connectivity index is 1.19. The second kappa shape index (κ2) is 9.15. The average molecular weight is 419 g/mol. The van der Waals surface area contributed by atoms with Gasteiger partial charge < -0.3 is 23.7 Å². The molecule has 4 rings (SSSR count). The number of esters is 1. The van der Waals surface area contributed by atoms with Gasteiger partial charge in [-0.05, 0) is 45.1 Å². The van der Waals surface area contributed by atoms with Gasteiger partial charge in [-0.2, -0.15) is 0 Å². The molecule has 2 saturated heterocycles. The summed E-state index contributed by atoms with van der Waals surface area (Å²) in [5.74, 6) is 0.632. The van der Waals surface area contributed by atoms with Crippen molar-refractivity contribution in [2.75, 3.05) is 14.2 Å². The Labute approximate surface area is 179 Å². The van der Waals surface area contributed by atoms with E-state index in [0.717, 1.165) is 56.9 Å². The molecule has 166 valence electrons. The standard InChI is InChI=1S/C24H34O6/c1-16-10-12-24(29-16)13-11-17(30-24)8-6-4-5-7-9-20-19-14-18(26-2)15-21(27-3)22(19)23(25)28-20/h14-17,20H,4-13H2,1-3H3/t16?,17-,20?,24-/m0/s1. The fraction of sp³-hybridized carbons (Fsp3) is 0.708. The molecule has 3 aliphatic heterocycles. The molecule has 6 heteroatoms. The summed E-state index contributed by atoms with van der Waals surface area (Å²) in [5, 5.41) is 0. The highest BCUT2D eigenvalue weighted by Gasteiger charge is 2.45. The summed E-state index contributed by atoms with van der Waals surface area (Å²) in [6.45, 7) is 2.14. The average Bonchev–Trinajstić information content (AvgIpc) is 3.41. The van der Waals surface area contributed by atoms with E-state index in [0.29, 0.717) is 29.3 Å². The molecular formula is C24H34O6. The van der Waals surface area contributed by atoms with E-state index in [1.807, 2.05) is 6.07 Å². The molecule has 0 N–H and O–H groups in total. The number of methoxy groups -OCH3 is 2. The van der Waals surface area contributed by atoms with E-state index >= 15 is 0 Å². The van der Waals surface area contributed by atoms with Crippen molar-refractivity contribution in [2.24, 2.45) is 0 Å². The number of unbranched alkanes of at least 4 members (excludes halogenated alkanes) is 3. The molecule has 0 aliphatic carbocycles. The van der Waals surface area contributed by atoms with Crippen molar-refractivity contribution in [1.82, 2.24) is 0 Å². The van der Waals surface area contributed by atoms with Crippen LogP contribution in [0.25, 0.3) is 0 Å². The molecule has 30 heavy (non-hydrogen) atoms. The number of carbonyl (C=O) groups excluding carboxylic acids is 1. The summed E-state index contributed by atoms with van der Waals surface area (Å²) >= 11 is 0. The first kappa shape index (κ1) is 21.4. The smallest absolute Gasteiger partial charge is 0.342 e. The van der Waals surface area contributed by atoms with Gasteiger partial charge in [0.25, 0.3) is 0 Å². The lowest BCUT2D eigenvalue weighted by Gasteiger charge is -2.24. The van der Waals surface area contributed by atoms with Crippen molar-refractivity contribution in [3.63, 3.8) is 0 Å². The first-order valence-electron chi connectivity index (χ1n) is 11.4. The molecule has 0 radical (unpaired) electrons. The molecule has 2 unspecified atom stereocenters. The highest BCUT2D eigenvalue weighted by Crippen LogP contribution is 2.43. The van der Waals surface area contributed by atoms with Crippen molar-refractivity contribution < 1.29 is 28.5 Å². The lowest BCUT2D eigenvalue weighted by molar-refractivity contribution is -0.214. The summed E-state index contributed by atoms with van der Waals surface area (Å²) in [7, 11) is 3.17. The number of benzene rings is 1. The summed E-state index contributed by atoms with van der Waals surface area (Å²) in [6, 6.07) is 3.63. The fourth-order valence-electron chi connectivity index (χ4n) is 5.07. The monoisotopic (exact) mass is 418 g/mol. The van der Waals surface area contributed by atoms with Gasteiger partial charge in [0.05, 0.1) is 26.4 Å². The van der Waals surface area contributed by atoms with Crippen LogP contribution in [-0.4, -0.2) is 38.2 Å². The second-order valence-electron chi connectivity index (χ2n) is 8.84. The number of carbonyl (C=O) groups is 1. The van der Waals surface area contributed by atoms with Crippen molar-refractivity contribution in [3.8, 4) is 11.5 Å². The number of cyclic esters (lactones) is 1. The molecule has 6 nitrogen and oxygen atoms in total. The van der Waals surface area contributed by atoms with Gasteiger partial charge in [0.2, 0.25) is 0 Å². The minimum absolute atomic E-state index is 0.212. The lowest BCUT2D eigenvalue weighted by atomic mass is 9.98. The van der Waals surface area contributed by atoms with Crippen LogP contribution in [0.15, 0.2) is 12.1 Å². The molecule has 2 fully saturated rings. The van der Waals surface area contributed by atoms with E-state index < -0.39 is 0 Å². The quantitative estimate of drug-likeness (QED) is 0.399. The molecule has 0 aromatic heterocycles. The van der Waals surface area contributed by atoms with Crippen molar-refractivity contribution >= 4 is 5.97 Å². The predicted molar refractivity (Wildman–Crippen MR) is 112 cm³/mol. The molecule has 1 aromatic rings. The number of rotatable bonds is 9. The van der Waals surface area contributed by atoms with E-state index in [2.05, 4.69) is 6.92 Å². The van der Waals surface area contributed by atoms with E-state index in [9.17, 15) is 4.79 Å². The van der Waals surface area contributed by atoms with E-state index in [1.165, 1.54) is 12.8 Å². The first-order valence-corrected chi connectivity index (χ1v) is 11.4. The zero-order chi connectivity index (χ0) is 21.1. The third-order valence-corrected chi connectivity index (χ3v) is 6.68. The van der Waals surface area contributed by atoms with Crippen molar-refractivity contribution in [1.29, 1.82) is 0 Å². The van der Waals surface area contributed by atoms with Gasteiger partial charge in [-0.15, -0.1) is 0 Å². The van der Waals surface area contributed by atoms with Gasteiger partial charge in [0.1, 0.15) is 23.2 Å². The van der Waals surface area contributed by atoms with Crippen LogP contribution >= 0.6 is 0 Å². The highest BCUT2D eigenvalue weighted by molar-refractivity contribution is 5.97. The number of ether oxygens (including phenoxy) is 5. The van der Waals surface area contributed by atoms with Crippen molar-refractivity contribution in [3.05, 3.63) is 23.3 Å². The maximum Gasteiger partial charge on any atom is 0.342 e. The SMILES string of the molecule is COc1cc(OC)c2c(c1)C(CCCCCC[C@H]1CC[C@]3(CCC(C)O3)O1)OC2=O. The molecule has 3 aliphatic rings. The van der Waals surface area contributed by atoms with Crippen LogP contribution < -0.4 is 9.47 Å². The van der Waals surface area contributed by atoms with Gasteiger partial charge >= 0.3 is 5.97 Å². The molecule has 0 saturated carbocycles. The van der Waals surface area contributed by atoms with E-state index in [4.69, 9.17) is 23.7 Å². The maximum atomic E-state index is 12.3. The second-order valence-corrected chi connectivity index (χ2v) is 8.84. The minimum atomic E-state index is -0.301. The lowest BCUT2D eigenvalue weighted by Crippen LogP contribution is -2.28. The van der Waals surface area contributed by atoms with Crippen LogP contribution in [0.2, 0.25) is 0 Å². The Hall–Kier alpha value is -1.79. The number of hydrogen-bond acceptors (Lipinski definition) is 6. The van der Waals surface area contributed by atoms with Gasteiger partial charge in [0.15, 0.2) is 5.79 Å². The Morgan fingerprint density at radius 3 is 2.47 bits per heavy atom. The molecular weight excluding hydrogens is 384 g/mol. The van der Waals surface area contributed by atoms with Crippen LogP contribution in [0.5, 0.6) is 11.5 Å². The number of fused-ring (bicyclic) bond motifs is 1. The minimum Gasteiger partial charge on any atom is -0.497 e. The summed E-state index contributed by atoms with van der Waals surface area (Å²) in [5.41, 5.74) is 1.42. The van der Waals surface area contributed by atoms with Gasteiger partial charge in [0, 0.05) is 24.5 Å². The van der Waals surface area contributed by atoms with Crippen LogP contribution in [-0.2, 0) is 14.2 Å². The molecule has 4 atom stereocenters. The Kier molecular flexibility index (Phi) is 6.54. The normalized spacial score (nSPS) is 30.0. The molecule has 3 heterocycles. The van der Waals surface area contributed by atoms with Crippen molar-refractivity contribution in [2.45, 2.75) is 95.2 Å². The molecule has 0 amide bonds. The largest absolute Gasteiger partial charge is 0.497 e. The maximum absolute atomic E-state index is 12.3. The summed E-state index contributed by atoms with van der Waals surface area (Å²) < 4.78 is 28.6. The van der Waals surface area contributed by atoms with E-state index in [-0.39, 0.29) is 17.9 Å². The van der Waals surface area contributed by atoms with Gasteiger partial charge in [-0.1, -0.05) is 19.3 Å². The topological polar surface area (TPSA) is 63.2 Å². The molecule has 1 aromatic carbocycles. The molecule has 0 bridgehead atoms. The predicted octanol–water partition coefficient (Wildman–Crippen LogP) is 5.33. The summed E-state index contributed by atoms with van der Waals surface area (Å²) in [4.78, 5) is 12.3. The van der Waals surface area contributed by atoms with Crippen LogP contribution in [0, 0.1) is 0 Å². The van der Waals surface area contributed by atoms with Crippen LogP contribution in [0.3, 0.4) is 0 Å². The van der Waals surface area contributed by atoms with E-state index in [1.54, 1.807) is 20.3 Å².